The number of halogens is 4. The second-order valence-electron chi connectivity index (χ2n) is 9.53. The Kier molecular flexibility index (Phi) is 7.90. The summed E-state index contributed by atoms with van der Waals surface area (Å²) in [6.45, 7) is 1.69. The normalized spacial score (nSPS) is 14.7. The highest BCUT2D eigenvalue weighted by Crippen LogP contribution is 2.35. The Labute approximate surface area is 232 Å². The number of aliphatic hydroxyl groups is 1. The molecule has 1 aliphatic heterocycles. The number of anilines is 2. The van der Waals surface area contributed by atoms with Crippen LogP contribution in [0.3, 0.4) is 0 Å². The molecule has 4 aromatic rings. The zero-order valence-corrected chi connectivity index (χ0v) is 21.6. The van der Waals surface area contributed by atoms with Gasteiger partial charge in [-0.3, -0.25) is 9.69 Å². The summed E-state index contributed by atoms with van der Waals surface area (Å²) in [6, 6.07) is 12.6. The van der Waals surface area contributed by atoms with E-state index in [0.29, 0.717) is 42.7 Å². The van der Waals surface area contributed by atoms with E-state index in [9.17, 15) is 23.1 Å². The summed E-state index contributed by atoms with van der Waals surface area (Å²) in [7, 11) is 0. The molecule has 4 N–H and O–H groups in total. The molecule has 1 aliphatic rings. The van der Waals surface area contributed by atoms with E-state index in [4.69, 9.17) is 10.5 Å². The molecule has 1 fully saturated rings. The van der Waals surface area contributed by atoms with E-state index < -0.39 is 29.2 Å². The van der Waals surface area contributed by atoms with Crippen molar-refractivity contribution in [1.29, 1.82) is 0 Å². The summed E-state index contributed by atoms with van der Waals surface area (Å²) < 4.78 is 63.3. The second-order valence-corrected chi connectivity index (χ2v) is 9.53. The molecule has 0 atom stereocenters. The zero-order valence-electron chi connectivity index (χ0n) is 21.6. The predicted octanol–water partition coefficient (Wildman–Crippen LogP) is 5.01. The molecule has 2 aromatic carbocycles. The van der Waals surface area contributed by atoms with Gasteiger partial charge in [0.2, 0.25) is 0 Å². The van der Waals surface area contributed by atoms with Crippen molar-refractivity contribution in [3.63, 3.8) is 0 Å². The van der Waals surface area contributed by atoms with Gasteiger partial charge in [-0.2, -0.15) is 18.3 Å². The Bertz CT molecular complexity index is 1540. The third-order valence-corrected chi connectivity index (χ3v) is 6.68. The van der Waals surface area contributed by atoms with Crippen LogP contribution in [0.15, 0.2) is 67.0 Å². The van der Waals surface area contributed by atoms with Crippen molar-refractivity contribution in [2.45, 2.75) is 31.7 Å². The molecule has 5 rings (SSSR count). The van der Waals surface area contributed by atoms with Crippen molar-refractivity contribution in [3.05, 3.63) is 89.6 Å². The molecule has 0 bridgehead atoms. The maximum atomic E-state index is 15.1. The average molecular weight is 571 g/mol. The number of rotatable bonds is 7. The maximum absolute atomic E-state index is 15.1. The van der Waals surface area contributed by atoms with Crippen LogP contribution in [-0.2, 0) is 12.7 Å². The number of pyridine rings is 1. The summed E-state index contributed by atoms with van der Waals surface area (Å²) in [5, 5.41) is 15.8. The molecule has 0 spiro atoms. The molecule has 1 amide bonds. The van der Waals surface area contributed by atoms with E-state index in [2.05, 4.69) is 20.3 Å². The fourth-order valence-electron chi connectivity index (χ4n) is 4.58. The largest absolute Gasteiger partial charge is 0.454 e. The van der Waals surface area contributed by atoms with Gasteiger partial charge in [0.25, 0.3) is 5.91 Å². The molecule has 0 unspecified atom stereocenters. The molecule has 13 heteroatoms. The molecular formula is C28H26F4N6O3. The van der Waals surface area contributed by atoms with Gasteiger partial charge in [0.05, 0.1) is 29.1 Å². The number of aliphatic hydroxyl groups excluding tert-OH is 1. The number of nitrogen functional groups attached to an aromatic ring is 1. The van der Waals surface area contributed by atoms with E-state index >= 15 is 4.39 Å². The van der Waals surface area contributed by atoms with Gasteiger partial charge in [-0.15, -0.1) is 0 Å². The lowest BCUT2D eigenvalue weighted by Crippen LogP contribution is -2.35. The number of hydrogen-bond donors (Lipinski definition) is 3. The SMILES string of the molecule is Nc1nccc(Oc2ccc(NC(=O)c3cnn(-c4ccccc4)c3C(F)(F)F)cc2F)c1CN1CCC(O)CC1. The minimum atomic E-state index is -4.89. The third kappa shape index (κ3) is 6.31. The average Bonchev–Trinajstić information content (AvgIpc) is 3.40. The number of amides is 1. The number of nitrogens with zero attached hydrogens (tertiary/aromatic N) is 4. The smallest absolute Gasteiger partial charge is 0.434 e. The summed E-state index contributed by atoms with van der Waals surface area (Å²) in [6.07, 6.45) is -1.75. The van der Waals surface area contributed by atoms with E-state index in [0.717, 1.165) is 12.3 Å². The van der Waals surface area contributed by atoms with Gasteiger partial charge >= 0.3 is 6.18 Å². The van der Waals surface area contributed by atoms with Gasteiger partial charge in [0.1, 0.15) is 11.6 Å². The summed E-state index contributed by atoms with van der Waals surface area (Å²) >= 11 is 0. The van der Waals surface area contributed by atoms with Gasteiger partial charge in [-0.05, 0) is 43.2 Å². The molecule has 214 valence electrons. The Balaban J connectivity index is 1.34. The first-order chi connectivity index (χ1) is 19.6. The van der Waals surface area contributed by atoms with Crippen LogP contribution in [0.5, 0.6) is 11.5 Å². The van der Waals surface area contributed by atoms with Crippen molar-refractivity contribution in [2.75, 3.05) is 24.1 Å². The highest BCUT2D eigenvalue weighted by atomic mass is 19.4. The summed E-state index contributed by atoms with van der Waals surface area (Å²) in [5.41, 5.74) is 4.70. The van der Waals surface area contributed by atoms with Crippen molar-refractivity contribution < 1.29 is 32.2 Å². The Morgan fingerprint density at radius 3 is 2.51 bits per heavy atom. The highest BCUT2D eigenvalue weighted by molar-refractivity contribution is 6.05. The van der Waals surface area contributed by atoms with Crippen LogP contribution in [0.2, 0.25) is 0 Å². The first-order valence-corrected chi connectivity index (χ1v) is 12.7. The number of alkyl halides is 3. The number of piperidine rings is 1. The number of aromatic nitrogens is 3. The molecule has 9 nitrogen and oxygen atoms in total. The molecule has 2 aromatic heterocycles. The maximum Gasteiger partial charge on any atom is 0.434 e. The van der Waals surface area contributed by atoms with Crippen molar-refractivity contribution in [3.8, 4) is 17.2 Å². The first kappa shape index (κ1) is 28.1. The van der Waals surface area contributed by atoms with Gasteiger partial charge in [-0.1, -0.05) is 18.2 Å². The second kappa shape index (κ2) is 11.6. The number of nitrogens with two attached hydrogens (primary N) is 1. The fraction of sp³-hybridized carbons (Fsp3) is 0.250. The minimum absolute atomic E-state index is 0.0817. The number of carbonyl (C=O) groups excluding carboxylic acids is 1. The third-order valence-electron chi connectivity index (χ3n) is 6.68. The van der Waals surface area contributed by atoms with E-state index in [-0.39, 0.29) is 34.8 Å². The Morgan fingerprint density at radius 2 is 1.83 bits per heavy atom. The monoisotopic (exact) mass is 570 g/mol. The molecular weight excluding hydrogens is 544 g/mol. The van der Waals surface area contributed by atoms with Crippen LogP contribution in [0.1, 0.15) is 34.5 Å². The fourth-order valence-corrected chi connectivity index (χ4v) is 4.58. The van der Waals surface area contributed by atoms with E-state index in [1.165, 1.54) is 30.5 Å². The van der Waals surface area contributed by atoms with E-state index in [1.54, 1.807) is 24.3 Å². The van der Waals surface area contributed by atoms with Gasteiger partial charge in [-0.25, -0.2) is 14.1 Å². The van der Waals surface area contributed by atoms with E-state index in [1.807, 2.05) is 0 Å². The lowest BCUT2D eigenvalue weighted by Gasteiger charge is -2.30. The van der Waals surface area contributed by atoms with Gasteiger partial charge in [0, 0.05) is 37.6 Å². The molecule has 3 heterocycles. The summed E-state index contributed by atoms with van der Waals surface area (Å²) in [4.78, 5) is 19.0. The number of benzene rings is 2. The number of para-hydroxylation sites is 1. The topological polar surface area (TPSA) is 119 Å². The predicted molar refractivity (Wildman–Crippen MR) is 142 cm³/mol. The summed E-state index contributed by atoms with van der Waals surface area (Å²) in [5.74, 6) is -1.65. The first-order valence-electron chi connectivity index (χ1n) is 12.7. The Morgan fingerprint density at radius 1 is 1.10 bits per heavy atom. The van der Waals surface area contributed by atoms with Crippen LogP contribution in [0.4, 0.5) is 29.1 Å². The van der Waals surface area contributed by atoms with Crippen molar-refractivity contribution in [1.82, 2.24) is 19.7 Å². The van der Waals surface area contributed by atoms with Crippen molar-refractivity contribution >= 4 is 17.4 Å². The number of nitrogens with one attached hydrogen (secondary N) is 1. The standard InChI is InChI=1S/C28H26F4N6O3/c29-22-14-17(36-27(40)20-15-35-38(25(20)28(30,31)32)18-4-2-1-3-5-18)6-7-24(22)41-23-8-11-34-26(33)21(23)16-37-12-9-19(39)10-13-37/h1-8,11,14-15,19,39H,9-10,12-13,16H2,(H2,33,34)(H,36,40). The number of hydrogen-bond acceptors (Lipinski definition) is 7. The number of carbonyl (C=O) groups is 1. The van der Waals surface area contributed by atoms with Crippen LogP contribution in [-0.4, -0.2) is 49.9 Å². The van der Waals surface area contributed by atoms with Crippen LogP contribution in [0, 0.1) is 5.82 Å². The number of ether oxygens (including phenoxy) is 1. The Hall–Kier alpha value is -4.49. The van der Waals surface area contributed by atoms with Crippen LogP contribution < -0.4 is 15.8 Å². The number of likely N-dealkylation sites (tertiary alicyclic amines) is 1. The minimum Gasteiger partial charge on any atom is -0.454 e. The van der Waals surface area contributed by atoms with Gasteiger partial charge in [0.15, 0.2) is 17.3 Å². The van der Waals surface area contributed by atoms with Crippen LogP contribution in [0.25, 0.3) is 5.69 Å². The lowest BCUT2D eigenvalue weighted by atomic mass is 10.1. The molecule has 1 saturated heterocycles. The molecule has 0 aliphatic carbocycles. The van der Waals surface area contributed by atoms with Crippen LogP contribution >= 0.6 is 0 Å². The molecule has 41 heavy (non-hydrogen) atoms. The molecule has 0 saturated carbocycles. The lowest BCUT2D eigenvalue weighted by molar-refractivity contribution is -0.143. The quantitative estimate of drug-likeness (QED) is 0.268. The zero-order chi connectivity index (χ0) is 29.1. The van der Waals surface area contributed by atoms with Crippen molar-refractivity contribution in [2.24, 2.45) is 0 Å². The van der Waals surface area contributed by atoms with Gasteiger partial charge < -0.3 is 20.9 Å². The highest BCUT2D eigenvalue weighted by Gasteiger charge is 2.40. The molecule has 0 radical (unpaired) electrons.